The molecule has 3 heterocycles. The van der Waals surface area contributed by atoms with E-state index in [4.69, 9.17) is 5.73 Å². The molecular formula is C23H23N3O3. The van der Waals surface area contributed by atoms with E-state index in [1.165, 1.54) is 4.90 Å². The number of hydrogen-bond donors (Lipinski definition) is 1. The first-order chi connectivity index (χ1) is 14.0. The summed E-state index contributed by atoms with van der Waals surface area (Å²) in [5.74, 6) is -0.386. The minimum Gasteiger partial charge on any atom is -0.334 e. The van der Waals surface area contributed by atoms with Crippen molar-refractivity contribution in [3.63, 3.8) is 0 Å². The average molecular weight is 389 g/mol. The largest absolute Gasteiger partial charge is 0.334 e. The normalized spacial score (nSPS) is 25.5. The number of nitrogens with zero attached hydrogens (tertiary/aromatic N) is 2. The number of rotatable bonds is 2. The van der Waals surface area contributed by atoms with Crippen molar-refractivity contribution >= 4 is 23.4 Å². The predicted octanol–water partition coefficient (Wildman–Crippen LogP) is 2.75. The molecule has 3 amide bonds. The summed E-state index contributed by atoms with van der Waals surface area (Å²) in [6, 6.07) is 12.2. The van der Waals surface area contributed by atoms with E-state index in [2.05, 4.69) is 0 Å². The van der Waals surface area contributed by atoms with E-state index in [9.17, 15) is 14.4 Å². The molecule has 3 aliphatic heterocycles. The fourth-order valence-electron chi connectivity index (χ4n) is 5.05. The number of anilines is 1. The Morgan fingerprint density at radius 1 is 1.03 bits per heavy atom. The lowest BCUT2D eigenvalue weighted by Crippen LogP contribution is -2.60. The molecule has 2 aromatic rings. The number of carbonyl (C=O) groups excluding carboxylic acids is 3. The van der Waals surface area contributed by atoms with Crippen molar-refractivity contribution in [2.75, 3.05) is 11.4 Å². The van der Waals surface area contributed by atoms with Gasteiger partial charge in [0.05, 0.1) is 16.8 Å². The number of para-hydroxylation sites is 1. The number of benzene rings is 2. The molecule has 3 fully saturated rings. The molecule has 1 saturated carbocycles. The molecular weight excluding hydrogens is 366 g/mol. The predicted molar refractivity (Wildman–Crippen MR) is 109 cm³/mol. The van der Waals surface area contributed by atoms with E-state index in [-0.39, 0.29) is 35.4 Å². The van der Waals surface area contributed by atoms with Crippen molar-refractivity contribution in [3.05, 3.63) is 64.7 Å². The minimum absolute atomic E-state index is 0.0145. The van der Waals surface area contributed by atoms with Crippen molar-refractivity contribution in [3.8, 4) is 0 Å². The van der Waals surface area contributed by atoms with Crippen molar-refractivity contribution in [2.24, 2.45) is 11.7 Å². The van der Waals surface area contributed by atoms with Gasteiger partial charge in [-0.3, -0.25) is 14.4 Å². The maximum absolute atomic E-state index is 13.2. The lowest BCUT2D eigenvalue weighted by molar-refractivity contribution is 0.0249. The SMILES string of the molecule is Cc1ccccc1N1C(=O)c2ccc(C(=O)N3CC4CCC3C(N)C4)cc2C1=O. The van der Waals surface area contributed by atoms with Gasteiger partial charge in [-0.15, -0.1) is 0 Å². The molecule has 6 heteroatoms. The van der Waals surface area contributed by atoms with E-state index in [0.717, 1.165) is 31.4 Å². The smallest absolute Gasteiger partial charge is 0.266 e. The van der Waals surface area contributed by atoms with Gasteiger partial charge in [-0.1, -0.05) is 18.2 Å². The monoisotopic (exact) mass is 389 g/mol. The van der Waals surface area contributed by atoms with E-state index < -0.39 is 0 Å². The fraction of sp³-hybridized carbons (Fsp3) is 0.348. The highest BCUT2D eigenvalue weighted by atomic mass is 16.2. The first kappa shape index (κ1) is 18.1. The Hall–Kier alpha value is -2.99. The quantitative estimate of drug-likeness (QED) is 0.801. The van der Waals surface area contributed by atoms with Gasteiger partial charge in [0, 0.05) is 24.2 Å². The van der Waals surface area contributed by atoms with E-state index in [0.29, 0.717) is 22.7 Å². The van der Waals surface area contributed by atoms with Gasteiger partial charge in [0.2, 0.25) is 0 Å². The minimum atomic E-state index is -0.384. The zero-order valence-electron chi connectivity index (χ0n) is 16.3. The van der Waals surface area contributed by atoms with Crippen LogP contribution in [0.1, 0.15) is 55.9 Å². The average Bonchev–Trinajstić information content (AvgIpc) is 2.98. The maximum atomic E-state index is 13.2. The summed E-state index contributed by atoms with van der Waals surface area (Å²) < 4.78 is 0. The molecule has 0 aromatic heterocycles. The van der Waals surface area contributed by atoms with Crippen LogP contribution >= 0.6 is 0 Å². The Bertz CT molecular complexity index is 1050. The molecule has 2 aromatic carbocycles. The zero-order chi connectivity index (χ0) is 20.3. The van der Waals surface area contributed by atoms with Crippen LogP contribution in [0.5, 0.6) is 0 Å². The molecule has 4 aliphatic rings. The summed E-state index contributed by atoms with van der Waals surface area (Å²) in [4.78, 5) is 42.2. The number of hydrogen-bond acceptors (Lipinski definition) is 4. The van der Waals surface area contributed by atoms with Gasteiger partial charge in [-0.2, -0.15) is 0 Å². The lowest BCUT2D eigenvalue weighted by Gasteiger charge is -2.48. The Morgan fingerprint density at radius 3 is 2.52 bits per heavy atom. The first-order valence-electron chi connectivity index (χ1n) is 10.1. The number of amides is 3. The molecule has 1 aliphatic carbocycles. The number of nitrogens with two attached hydrogens (primary N) is 1. The van der Waals surface area contributed by atoms with Crippen LogP contribution in [0.15, 0.2) is 42.5 Å². The van der Waals surface area contributed by atoms with Gasteiger partial charge in [0.1, 0.15) is 0 Å². The first-order valence-corrected chi connectivity index (χ1v) is 10.1. The number of imide groups is 1. The van der Waals surface area contributed by atoms with Gasteiger partial charge in [-0.25, -0.2) is 4.90 Å². The summed E-state index contributed by atoms with van der Waals surface area (Å²) in [6.45, 7) is 2.58. The Labute approximate surface area is 169 Å². The summed E-state index contributed by atoms with van der Waals surface area (Å²) in [5.41, 5.74) is 8.74. The highest BCUT2D eigenvalue weighted by Crippen LogP contribution is 2.36. The van der Waals surface area contributed by atoms with Gasteiger partial charge in [0.15, 0.2) is 0 Å². The summed E-state index contributed by atoms with van der Waals surface area (Å²) in [5, 5.41) is 0. The molecule has 0 spiro atoms. The molecule has 2 saturated heterocycles. The summed E-state index contributed by atoms with van der Waals surface area (Å²) in [7, 11) is 0. The Kier molecular flexibility index (Phi) is 4.06. The third-order valence-electron chi connectivity index (χ3n) is 6.58. The molecule has 3 unspecified atom stereocenters. The molecule has 6 nitrogen and oxygen atoms in total. The third-order valence-corrected chi connectivity index (χ3v) is 6.58. The van der Waals surface area contributed by atoms with Gasteiger partial charge in [0.25, 0.3) is 17.7 Å². The number of aryl methyl sites for hydroxylation is 1. The van der Waals surface area contributed by atoms with Crippen LogP contribution in [-0.2, 0) is 0 Å². The summed E-state index contributed by atoms with van der Waals surface area (Å²) in [6.07, 6.45) is 3.02. The third kappa shape index (κ3) is 2.70. The van der Waals surface area contributed by atoms with E-state index >= 15 is 0 Å². The Morgan fingerprint density at radius 2 is 1.79 bits per heavy atom. The zero-order valence-corrected chi connectivity index (χ0v) is 16.3. The van der Waals surface area contributed by atoms with Crippen molar-refractivity contribution < 1.29 is 14.4 Å². The molecule has 3 atom stereocenters. The van der Waals surface area contributed by atoms with Crippen LogP contribution < -0.4 is 10.6 Å². The lowest BCUT2D eigenvalue weighted by atomic mass is 9.76. The van der Waals surface area contributed by atoms with E-state index in [1.807, 2.05) is 24.0 Å². The van der Waals surface area contributed by atoms with Crippen molar-refractivity contribution in [2.45, 2.75) is 38.3 Å². The molecule has 148 valence electrons. The molecule has 2 bridgehead atoms. The maximum Gasteiger partial charge on any atom is 0.266 e. The molecule has 0 radical (unpaired) electrons. The number of carbonyl (C=O) groups is 3. The molecule has 6 rings (SSSR count). The number of piperidine rings is 2. The van der Waals surface area contributed by atoms with Crippen LogP contribution in [-0.4, -0.2) is 41.2 Å². The second kappa shape index (κ2) is 6.52. The highest BCUT2D eigenvalue weighted by Gasteiger charge is 2.42. The second-order valence-electron chi connectivity index (χ2n) is 8.36. The Balaban J connectivity index is 1.48. The van der Waals surface area contributed by atoms with Gasteiger partial charge < -0.3 is 10.6 Å². The van der Waals surface area contributed by atoms with Crippen molar-refractivity contribution in [1.82, 2.24) is 4.90 Å². The topological polar surface area (TPSA) is 83.7 Å². The molecule has 29 heavy (non-hydrogen) atoms. The van der Waals surface area contributed by atoms with Crippen molar-refractivity contribution in [1.29, 1.82) is 0 Å². The molecule has 2 N–H and O–H groups in total. The number of fused-ring (bicyclic) bond motifs is 4. The second-order valence-corrected chi connectivity index (χ2v) is 8.36. The van der Waals surface area contributed by atoms with Crippen LogP contribution in [0.2, 0.25) is 0 Å². The van der Waals surface area contributed by atoms with Gasteiger partial charge in [-0.05, 0) is 61.9 Å². The van der Waals surface area contributed by atoms with Crippen LogP contribution in [0, 0.1) is 12.8 Å². The van der Waals surface area contributed by atoms with Crippen LogP contribution in [0.25, 0.3) is 0 Å². The highest BCUT2D eigenvalue weighted by molar-refractivity contribution is 6.35. The summed E-state index contributed by atoms with van der Waals surface area (Å²) >= 11 is 0. The fourth-order valence-corrected chi connectivity index (χ4v) is 5.05. The standard InChI is InChI=1S/C23H23N3O3/c1-13-4-2-3-5-19(13)26-22(28)16-8-7-15(11-17(16)23(26)29)21(27)25-12-14-6-9-20(25)18(24)10-14/h2-5,7-8,11,14,18,20H,6,9-10,12,24H2,1H3. The van der Waals surface area contributed by atoms with Crippen LogP contribution in [0.3, 0.4) is 0 Å². The van der Waals surface area contributed by atoms with Gasteiger partial charge >= 0.3 is 0 Å². The van der Waals surface area contributed by atoms with E-state index in [1.54, 1.807) is 30.3 Å². The van der Waals surface area contributed by atoms with Crippen LogP contribution in [0.4, 0.5) is 5.69 Å².